The maximum Gasteiger partial charge on any atom is 0.160 e. The van der Waals surface area contributed by atoms with Crippen LogP contribution in [-0.2, 0) is 0 Å². The predicted octanol–water partition coefficient (Wildman–Crippen LogP) is 4.91. The molecule has 0 aliphatic rings. The molecule has 0 saturated heterocycles. The Balaban J connectivity index is 2.17. The Labute approximate surface area is 124 Å². The van der Waals surface area contributed by atoms with Crippen LogP contribution in [0, 0.1) is 11.6 Å². The molecule has 1 N–H and O–H groups in total. The van der Waals surface area contributed by atoms with Crippen molar-refractivity contribution in [2.45, 2.75) is 13.0 Å². The molecule has 2 nitrogen and oxygen atoms in total. The third-order valence-corrected chi connectivity index (χ3v) is 3.60. The average molecular weight is 342 g/mol. The standard InChI is InChI=1S/C15H14BrF2NO/c1-9(10-3-6-15(20-2)12(16)7-10)19-11-4-5-13(17)14(18)8-11/h3-9,19H,1-2H3. The lowest BCUT2D eigenvalue weighted by Crippen LogP contribution is -2.07. The van der Waals surface area contributed by atoms with Crippen LogP contribution in [-0.4, -0.2) is 7.11 Å². The van der Waals surface area contributed by atoms with E-state index in [2.05, 4.69) is 21.2 Å². The zero-order valence-corrected chi connectivity index (χ0v) is 12.7. The first-order valence-electron chi connectivity index (χ1n) is 6.06. The monoisotopic (exact) mass is 341 g/mol. The second-order valence-corrected chi connectivity index (χ2v) is 5.24. The third kappa shape index (κ3) is 3.28. The number of halogens is 3. The Morgan fingerprint density at radius 3 is 2.45 bits per heavy atom. The molecule has 0 aromatic heterocycles. The van der Waals surface area contributed by atoms with E-state index in [4.69, 9.17) is 4.74 Å². The van der Waals surface area contributed by atoms with Crippen LogP contribution in [0.5, 0.6) is 5.75 Å². The van der Waals surface area contributed by atoms with Gasteiger partial charge in [-0.05, 0) is 52.7 Å². The minimum absolute atomic E-state index is 0.0536. The summed E-state index contributed by atoms with van der Waals surface area (Å²) in [6.07, 6.45) is 0. The maximum atomic E-state index is 13.2. The highest BCUT2D eigenvalue weighted by Crippen LogP contribution is 2.29. The van der Waals surface area contributed by atoms with Gasteiger partial charge in [0.2, 0.25) is 0 Å². The van der Waals surface area contributed by atoms with Crippen molar-refractivity contribution in [2.75, 3.05) is 12.4 Å². The number of methoxy groups -OCH3 is 1. The second kappa shape index (κ2) is 6.22. The molecular weight excluding hydrogens is 328 g/mol. The molecule has 1 unspecified atom stereocenters. The zero-order valence-electron chi connectivity index (χ0n) is 11.1. The van der Waals surface area contributed by atoms with E-state index >= 15 is 0 Å². The van der Waals surface area contributed by atoms with Gasteiger partial charge in [-0.2, -0.15) is 0 Å². The highest BCUT2D eigenvalue weighted by atomic mass is 79.9. The first-order valence-corrected chi connectivity index (χ1v) is 6.85. The van der Waals surface area contributed by atoms with Crippen molar-refractivity contribution in [2.24, 2.45) is 0 Å². The van der Waals surface area contributed by atoms with Crippen LogP contribution in [0.25, 0.3) is 0 Å². The van der Waals surface area contributed by atoms with Crippen LogP contribution in [0.1, 0.15) is 18.5 Å². The summed E-state index contributed by atoms with van der Waals surface area (Å²) in [5.74, 6) is -0.970. The molecule has 20 heavy (non-hydrogen) atoms. The van der Waals surface area contributed by atoms with Crippen molar-refractivity contribution >= 4 is 21.6 Å². The van der Waals surface area contributed by atoms with Gasteiger partial charge in [0, 0.05) is 17.8 Å². The Morgan fingerprint density at radius 2 is 1.85 bits per heavy atom. The van der Waals surface area contributed by atoms with Crippen LogP contribution in [0.15, 0.2) is 40.9 Å². The van der Waals surface area contributed by atoms with Gasteiger partial charge in [-0.1, -0.05) is 6.07 Å². The van der Waals surface area contributed by atoms with Crippen LogP contribution in [0.2, 0.25) is 0 Å². The number of rotatable bonds is 4. The summed E-state index contributed by atoms with van der Waals surface area (Å²) >= 11 is 3.42. The Kier molecular flexibility index (Phi) is 4.60. The van der Waals surface area contributed by atoms with Crippen molar-refractivity contribution in [3.8, 4) is 5.75 Å². The molecule has 2 aromatic carbocycles. The minimum atomic E-state index is -0.863. The number of nitrogens with one attached hydrogen (secondary N) is 1. The molecule has 0 spiro atoms. The van der Waals surface area contributed by atoms with Crippen LogP contribution >= 0.6 is 15.9 Å². The van der Waals surface area contributed by atoms with Gasteiger partial charge in [0.15, 0.2) is 11.6 Å². The fraction of sp³-hybridized carbons (Fsp3) is 0.200. The predicted molar refractivity (Wildman–Crippen MR) is 79.1 cm³/mol. The topological polar surface area (TPSA) is 21.3 Å². The van der Waals surface area contributed by atoms with Gasteiger partial charge >= 0.3 is 0 Å². The summed E-state index contributed by atoms with van der Waals surface area (Å²) in [4.78, 5) is 0. The van der Waals surface area contributed by atoms with Crippen LogP contribution in [0.4, 0.5) is 14.5 Å². The molecule has 0 fully saturated rings. The number of benzene rings is 2. The lowest BCUT2D eigenvalue weighted by molar-refractivity contribution is 0.412. The fourth-order valence-corrected chi connectivity index (χ4v) is 2.43. The maximum absolute atomic E-state index is 13.2. The highest BCUT2D eigenvalue weighted by molar-refractivity contribution is 9.10. The molecule has 5 heteroatoms. The van der Waals surface area contributed by atoms with Gasteiger partial charge in [0.05, 0.1) is 11.6 Å². The van der Waals surface area contributed by atoms with E-state index < -0.39 is 11.6 Å². The normalized spacial score (nSPS) is 12.1. The van der Waals surface area contributed by atoms with Gasteiger partial charge in [-0.3, -0.25) is 0 Å². The number of anilines is 1. The van der Waals surface area contributed by atoms with E-state index in [1.54, 1.807) is 7.11 Å². The first-order chi connectivity index (χ1) is 9.51. The molecule has 2 aromatic rings. The molecule has 0 bridgehead atoms. The molecule has 0 saturated carbocycles. The smallest absolute Gasteiger partial charge is 0.160 e. The Morgan fingerprint density at radius 1 is 1.10 bits per heavy atom. The quantitative estimate of drug-likeness (QED) is 0.853. The van der Waals surface area contributed by atoms with Crippen molar-refractivity contribution in [3.63, 3.8) is 0 Å². The Hall–Kier alpha value is -1.62. The molecule has 0 heterocycles. The summed E-state index contributed by atoms with van der Waals surface area (Å²) in [6, 6.07) is 9.40. The number of hydrogen-bond donors (Lipinski definition) is 1. The molecule has 106 valence electrons. The van der Waals surface area contributed by atoms with Crippen molar-refractivity contribution in [1.82, 2.24) is 0 Å². The first kappa shape index (κ1) is 14.8. The number of ether oxygens (including phenoxy) is 1. The van der Waals surface area contributed by atoms with E-state index in [1.807, 2.05) is 25.1 Å². The van der Waals surface area contributed by atoms with Crippen LogP contribution < -0.4 is 10.1 Å². The number of hydrogen-bond acceptors (Lipinski definition) is 2. The lowest BCUT2D eigenvalue weighted by atomic mass is 10.1. The largest absolute Gasteiger partial charge is 0.496 e. The fourth-order valence-electron chi connectivity index (χ4n) is 1.87. The third-order valence-electron chi connectivity index (χ3n) is 2.98. The van der Waals surface area contributed by atoms with Gasteiger partial charge in [0.25, 0.3) is 0 Å². The van der Waals surface area contributed by atoms with Crippen molar-refractivity contribution < 1.29 is 13.5 Å². The molecule has 1 atom stereocenters. The molecular formula is C15H14BrF2NO. The van der Waals surface area contributed by atoms with Crippen molar-refractivity contribution in [1.29, 1.82) is 0 Å². The van der Waals surface area contributed by atoms with Gasteiger partial charge in [-0.15, -0.1) is 0 Å². The van der Waals surface area contributed by atoms with Crippen LogP contribution in [0.3, 0.4) is 0 Å². The molecule has 0 aliphatic carbocycles. The summed E-state index contributed by atoms with van der Waals surface area (Å²) < 4.78 is 32.0. The molecule has 0 amide bonds. The van der Waals surface area contributed by atoms with E-state index in [9.17, 15) is 8.78 Å². The zero-order chi connectivity index (χ0) is 14.7. The summed E-state index contributed by atoms with van der Waals surface area (Å²) in [5.41, 5.74) is 1.53. The van der Waals surface area contributed by atoms with E-state index in [0.29, 0.717) is 5.69 Å². The lowest BCUT2D eigenvalue weighted by Gasteiger charge is -2.17. The van der Waals surface area contributed by atoms with E-state index in [-0.39, 0.29) is 6.04 Å². The molecule has 0 radical (unpaired) electrons. The van der Waals surface area contributed by atoms with Crippen molar-refractivity contribution in [3.05, 3.63) is 58.1 Å². The summed E-state index contributed by atoms with van der Waals surface area (Å²) in [5, 5.41) is 3.12. The second-order valence-electron chi connectivity index (χ2n) is 4.39. The van der Waals surface area contributed by atoms with E-state index in [1.165, 1.54) is 6.07 Å². The minimum Gasteiger partial charge on any atom is -0.496 e. The van der Waals surface area contributed by atoms with Gasteiger partial charge in [0.1, 0.15) is 5.75 Å². The average Bonchev–Trinajstić information content (AvgIpc) is 2.42. The summed E-state index contributed by atoms with van der Waals surface area (Å²) in [6.45, 7) is 1.94. The Bertz CT molecular complexity index is 619. The molecule has 2 rings (SSSR count). The van der Waals surface area contributed by atoms with Gasteiger partial charge in [-0.25, -0.2) is 8.78 Å². The molecule has 0 aliphatic heterocycles. The highest BCUT2D eigenvalue weighted by Gasteiger charge is 2.10. The van der Waals surface area contributed by atoms with Gasteiger partial charge < -0.3 is 10.1 Å². The van der Waals surface area contributed by atoms with E-state index in [0.717, 1.165) is 27.9 Å². The summed E-state index contributed by atoms with van der Waals surface area (Å²) in [7, 11) is 1.60. The SMILES string of the molecule is COc1ccc(C(C)Nc2ccc(F)c(F)c2)cc1Br.